The van der Waals surface area contributed by atoms with E-state index in [1.54, 1.807) is 18.4 Å². The quantitative estimate of drug-likeness (QED) is 0.827. The van der Waals surface area contributed by atoms with Crippen molar-refractivity contribution in [3.8, 4) is 0 Å². The molecule has 2 aromatic heterocycles. The Balaban J connectivity index is 2.22. The third-order valence-corrected chi connectivity index (χ3v) is 4.57. The first-order chi connectivity index (χ1) is 8.70. The number of fused-ring (bicyclic) bond motifs is 3. The average molecular weight is 265 g/mol. The summed E-state index contributed by atoms with van der Waals surface area (Å²) in [5.41, 5.74) is 1.12. The molecule has 18 heavy (non-hydrogen) atoms. The Hall–Kier alpha value is -1.27. The Morgan fingerprint density at radius 3 is 3.17 bits per heavy atom. The van der Waals surface area contributed by atoms with E-state index in [0.717, 1.165) is 29.5 Å². The SMILES string of the molecule is COCn1nnc2sc3c(c2c1=O)CC[C@H](C)C3. The lowest BCUT2D eigenvalue weighted by atomic mass is 9.89. The minimum absolute atomic E-state index is 0.0751. The van der Waals surface area contributed by atoms with Gasteiger partial charge in [-0.25, -0.2) is 0 Å². The van der Waals surface area contributed by atoms with E-state index in [4.69, 9.17) is 4.74 Å². The number of aromatic nitrogens is 3. The summed E-state index contributed by atoms with van der Waals surface area (Å²) in [4.78, 5) is 14.4. The second-order valence-corrected chi connectivity index (χ2v) is 5.93. The normalized spacial score (nSPS) is 19.1. The molecule has 96 valence electrons. The van der Waals surface area contributed by atoms with Crippen molar-refractivity contribution < 1.29 is 4.74 Å². The Bertz CT molecular complexity index is 647. The smallest absolute Gasteiger partial charge is 0.280 e. The molecule has 0 saturated carbocycles. The molecule has 6 heteroatoms. The first-order valence-corrected chi connectivity index (χ1v) is 6.89. The van der Waals surface area contributed by atoms with Gasteiger partial charge in [0.1, 0.15) is 6.73 Å². The van der Waals surface area contributed by atoms with Crippen LogP contribution in [0.4, 0.5) is 0 Å². The van der Waals surface area contributed by atoms with Crippen molar-refractivity contribution in [1.82, 2.24) is 15.0 Å². The zero-order chi connectivity index (χ0) is 12.7. The maximum absolute atomic E-state index is 12.3. The van der Waals surface area contributed by atoms with Gasteiger partial charge in [0.05, 0.1) is 5.39 Å². The standard InChI is InChI=1S/C12H15N3O2S/c1-7-3-4-8-9(5-7)18-11-10(8)12(16)15(6-17-2)14-13-11/h7H,3-6H2,1-2H3/t7-/m0/s1. The maximum Gasteiger partial charge on any atom is 0.280 e. The fraction of sp³-hybridized carbons (Fsp3) is 0.583. The van der Waals surface area contributed by atoms with Gasteiger partial charge < -0.3 is 4.74 Å². The largest absolute Gasteiger partial charge is 0.362 e. The summed E-state index contributed by atoms with van der Waals surface area (Å²) < 4.78 is 6.24. The molecule has 0 spiro atoms. The van der Waals surface area contributed by atoms with Crippen molar-refractivity contribution in [2.45, 2.75) is 32.9 Å². The van der Waals surface area contributed by atoms with Crippen LogP contribution in [-0.2, 0) is 24.3 Å². The zero-order valence-corrected chi connectivity index (χ0v) is 11.3. The van der Waals surface area contributed by atoms with Gasteiger partial charge in [0.25, 0.3) is 5.56 Å². The average Bonchev–Trinajstić information content (AvgIpc) is 2.71. The van der Waals surface area contributed by atoms with E-state index in [9.17, 15) is 4.79 Å². The van der Waals surface area contributed by atoms with Crippen molar-refractivity contribution in [1.29, 1.82) is 0 Å². The van der Waals surface area contributed by atoms with Gasteiger partial charge in [-0.15, -0.1) is 16.4 Å². The lowest BCUT2D eigenvalue weighted by Crippen LogP contribution is -2.25. The molecule has 1 aliphatic carbocycles. The molecule has 1 atom stereocenters. The van der Waals surface area contributed by atoms with Gasteiger partial charge in [-0.05, 0) is 30.7 Å². The third-order valence-electron chi connectivity index (χ3n) is 3.44. The number of aryl methyl sites for hydroxylation is 1. The van der Waals surface area contributed by atoms with E-state index in [-0.39, 0.29) is 12.3 Å². The van der Waals surface area contributed by atoms with Crippen LogP contribution < -0.4 is 5.56 Å². The highest BCUT2D eigenvalue weighted by atomic mass is 32.1. The lowest BCUT2D eigenvalue weighted by Gasteiger charge is -2.17. The van der Waals surface area contributed by atoms with Crippen LogP contribution in [0.5, 0.6) is 0 Å². The number of nitrogens with zero attached hydrogens (tertiary/aromatic N) is 3. The first-order valence-electron chi connectivity index (χ1n) is 6.07. The highest BCUT2D eigenvalue weighted by molar-refractivity contribution is 7.18. The molecule has 0 N–H and O–H groups in total. The van der Waals surface area contributed by atoms with E-state index >= 15 is 0 Å². The van der Waals surface area contributed by atoms with Crippen LogP contribution in [0, 0.1) is 5.92 Å². The van der Waals surface area contributed by atoms with Crippen molar-refractivity contribution in [3.63, 3.8) is 0 Å². The third kappa shape index (κ3) is 1.76. The topological polar surface area (TPSA) is 57.0 Å². The highest BCUT2D eigenvalue weighted by Crippen LogP contribution is 2.35. The molecule has 0 bridgehead atoms. The molecule has 0 fully saturated rings. The van der Waals surface area contributed by atoms with Gasteiger partial charge in [-0.3, -0.25) is 4.79 Å². The molecule has 2 aromatic rings. The summed E-state index contributed by atoms with van der Waals surface area (Å²) in [6.07, 6.45) is 3.18. The number of rotatable bonds is 2. The van der Waals surface area contributed by atoms with Gasteiger partial charge in [-0.1, -0.05) is 12.1 Å². The molecule has 3 rings (SSSR count). The molecule has 0 aromatic carbocycles. The summed E-state index contributed by atoms with van der Waals surface area (Å²) >= 11 is 1.62. The molecule has 5 nitrogen and oxygen atoms in total. The van der Waals surface area contributed by atoms with Crippen molar-refractivity contribution >= 4 is 21.6 Å². The van der Waals surface area contributed by atoms with E-state index in [1.807, 2.05) is 0 Å². The predicted octanol–water partition coefficient (Wildman–Crippen LogP) is 1.58. The van der Waals surface area contributed by atoms with Gasteiger partial charge >= 0.3 is 0 Å². The van der Waals surface area contributed by atoms with E-state index in [1.165, 1.54) is 15.1 Å². The molecule has 2 heterocycles. The molecule has 1 aliphatic rings. The summed E-state index contributed by atoms with van der Waals surface area (Å²) in [6.45, 7) is 2.41. The van der Waals surface area contributed by atoms with Gasteiger partial charge in [0.2, 0.25) is 0 Å². The Morgan fingerprint density at radius 1 is 1.56 bits per heavy atom. The molecule has 0 unspecified atom stereocenters. The molecule has 0 radical (unpaired) electrons. The summed E-state index contributed by atoms with van der Waals surface area (Å²) in [5.74, 6) is 0.694. The van der Waals surface area contributed by atoms with E-state index < -0.39 is 0 Å². The van der Waals surface area contributed by atoms with Crippen LogP contribution in [0.2, 0.25) is 0 Å². The Morgan fingerprint density at radius 2 is 2.39 bits per heavy atom. The fourth-order valence-electron chi connectivity index (χ4n) is 2.50. The second-order valence-electron chi connectivity index (χ2n) is 4.84. The van der Waals surface area contributed by atoms with Crippen molar-refractivity contribution in [2.24, 2.45) is 5.92 Å². The monoisotopic (exact) mass is 265 g/mol. The molecule has 0 saturated heterocycles. The Labute approximate surface area is 108 Å². The van der Waals surface area contributed by atoms with E-state index in [0.29, 0.717) is 5.92 Å². The van der Waals surface area contributed by atoms with E-state index in [2.05, 4.69) is 17.2 Å². The lowest BCUT2D eigenvalue weighted by molar-refractivity contribution is 0.114. The minimum atomic E-state index is -0.0751. The van der Waals surface area contributed by atoms with Gasteiger partial charge in [0.15, 0.2) is 4.83 Å². The molecular formula is C12H15N3O2S. The first kappa shape index (κ1) is 11.8. The Kier molecular flexibility index (Phi) is 2.91. The van der Waals surface area contributed by atoms with Crippen LogP contribution in [-0.4, -0.2) is 22.1 Å². The van der Waals surface area contributed by atoms with Crippen LogP contribution in [0.25, 0.3) is 10.2 Å². The summed E-state index contributed by atoms with van der Waals surface area (Å²) in [5, 5.41) is 8.80. The number of hydrogen-bond acceptors (Lipinski definition) is 5. The van der Waals surface area contributed by atoms with Crippen LogP contribution >= 0.6 is 11.3 Å². The number of thiophene rings is 1. The minimum Gasteiger partial charge on any atom is -0.362 e. The van der Waals surface area contributed by atoms with Gasteiger partial charge in [0, 0.05) is 12.0 Å². The van der Waals surface area contributed by atoms with Crippen molar-refractivity contribution in [2.75, 3.05) is 7.11 Å². The fourth-order valence-corrected chi connectivity index (χ4v) is 3.82. The van der Waals surface area contributed by atoms with Crippen molar-refractivity contribution in [3.05, 3.63) is 20.8 Å². The highest BCUT2D eigenvalue weighted by Gasteiger charge is 2.23. The molecule has 0 amide bonds. The number of hydrogen-bond donors (Lipinski definition) is 0. The van der Waals surface area contributed by atoms with Gasteiger partial charge in [-0.2, -0.15) is 4.68 Å². The zero-order valence-electron chi connectivity index (χ0n) is 10.5. The van der Waals surface area contributed by atoms with Crippen LogP contribution in [0.15, 0.2) is 4.79 Å². The summed E-state index contributed by atoms with van der Waals surface area (Å²) in [7, 11) is 1.54. The number of methoxy groups -OCH3 is 1. The second kappa shape index (κ2) is 4.44. The van der Waals surface area contributed by atoms with Crippen LogP contribution in [0.1, 0.15) is 23.8 Å². The number of ether oxygens (including phenoxy) is 1. The summed E-state index contributed by atoms with van der Waals surface area (Å²) in [6, 6.07) is 0. The molecular weight excluding hydrogens is 250 g/mol. The van der Waals surface area contributed by atoms with Crippen LogP contribution in [0.3, 0.4) is 0 Å². The predicted molar refractivity (Wildman–Crippen MR) is 69.9 cm³/mol. The molecule has 0 aliphatic heterocycles. The maximum atomic E-state index is 12.3.